The molecule has 2 unspecified atom stereocenters. The molecule has 13 heavy (non-hydrogen) atoms. The zero-order valence-electron chi connectivity index (χ0n) is 8.60. The lowest BCUT2D eigenvalue weighted by molar-refractivity contribution is 0.374. The Labute approximate surface area is 85.3 Å². The van der Waals surface area contributed by atoms with Gasteiger partial charge in [-0.05, 0) is 13.3 Å². The van der Waals surface area contributed by atoms with Crippen LogP contribution in [0.1, 0.15) is 20.3 Å². The predicted octanol–water partition coefficient (Wildman–Crippen LogP) is 1.38. The van der Waals surface area contributed by atoms with Crippen molar-refractivity contribution in [2.75, 3.05) is 18.8 Å². The molecule has 1 aliphatic rings. The normalized spacial score (nSPS) is 33.6. The highest BCUT2D eigenvalue weighted by molar-refractivity contribution is 8.00. The van der Waals surface area contributed by atoms with Crippen molar-refractivity contribution in [1.29, 1.82) is 0 Å². The largest absolute Gasteiger partial charge is 0.329 e. The molecule has 0 spiro atoms. The summed E-state index contributed by atoms with van der Waals surface area (Å²) in [4.78, 5) is 0. The van der Waals surface area contributed by atoms with Gasteiger partial charge in [0.15, 0.2) is 0 Å². The molecule has 3 heteroatoms. The highest BCUT2D eigenvalue weighted by atomic mass is 32.2. The Morgan fingerprint density at radius 2 is 2.46 bits per heavy atom. The van der Waals surface area contributed by atoms with Gasteiger partial charge in [0.1, 0.15) is 0 Å². The quantitative estimate of drug-likeness (QED) is 0.673. The molecular formula is C10H20N2S. The average molecular weight is 200 g/mol. The molecule has 3 N–H and O–H groups in total. The Bertz CT molecular complexity index is 193. The Balaban J connectivity index is 2.46. The van der Waals surface area contributed by atoms with E-state index >= 15 is 0 Å². The fraction of sp³-hybridized carbons (Fsp3) is 0.800. The second kappa shape index (κ2) is 4.49. The van der Waals surface area contributed by atoms with Crippen LogP contribution >= 0.6 is 11.8 Å². The van der Waals surface area contributed by atoms with Crippen molar-refractivity contribution >= 4 is 11.8 Å². The van der Waals surface area contributed by atoms with E-state index in [1.165, 1.54) is 12.0 Å². The molecule has 0 aromatic carbocycles. The zero-order chi connectivity index (χ0) is 9.90. The van der Waals surface area contributed by atoms with E-state index in [0.717, 1.165) is 24.1 Å². The van der Waals surface area contributed by atoms with Gasteiger partial charge in [0, 0.05) is 29.6 Å². The summed E-state index contributed by atoms with van der Waals surface area (Å²) in [6, 6.07) is 0. The molecule has 1 saturated heterocycles. The van der Waals surface area contributed by atoms with Gasteiger partial charge in [0.2, 0.25) is 0 Å². The van der Waals surface area contributed by atoms with E-state index in [2.05, 4.69) is 18.8 Å². The molecule has 1 aliphatic heterocycles. The Hall–Kier alpha value is 0.0100. The Morgan fingerprint density at radius 3 is 2.85 bits per heavy atom. The van der Waals surface area contributed by atoms with Gasteiger partial charge in [0.25, 0.3) is 0 Å². The third-order valence-corrected chi connectivity index (χ3v) is 3.93. The van der Waals surface area contributed by atoms with Gasteiger partial charge in [-0.15, -0.1) is 0 Å². The second-order valence-corrected chi connectivity index (χ2v) is 5.55. The van der Waals surface area contributed by atoms with Crippen molar-refractivity contribution in [3.8, 4) is 0 Å². The van der Waals surface area contributed by atoms with E-state index in [1.807, 2.05) is 18.7 Å². The number of hydrogen-bond donors (Lipinski definition) is 2. The predicted molar refractivity (Wildman–Crippen MR) is 61.1 cm³/mol. The maximum Gasteiger partial charge on any atom is 0.0408 e. The molecular weight excluding hydrogens is 180 g/mol. The number of hydrogen-bond acceptors (Lipinski definition) is 3. The molecule has 0 bridgehead atoms. The molecule has 76 valence electrons. The third-order valence-electron chi connectivity index (χ3n) is 2.48. The standard InChI is InChI=1S/C10H20N2S/c1-8(2)5-12-10(6-11)4-9(3)13-7-10/h9,12H,1,4-7,11H2,2-3H3. The third kappa shape index (κ3) is 3.01. The van der Waals surface area contributed by atoms with Crippen molar-refractivity contribution in [2.24, 2.45) is 5.73 Å². The summed E-state index contributed by atoms with van der Waals surface area (Å²) < 4.78 is 0. The summed E-state index contributed by atoms with van der Waals surface area (Å²) in [5, 5.41) is 4.27. The van der Waals surface area contributed by atoms with Crippen molar-refractivity contribution < 1.29 is 0 Å². The first-order chi connectivity index (χ1) is 6.08. The molecule has 2 atom stereocenters. The van der Waals surface area contributed by atoms with Gasteiger partial charge in [-0.3, -0.25) is 0 Å². The molecule has 2 nitrogen and oxygen atoms in total. The van der Waals surface area contributed by atoms with Crippen LogP contribution in [-0.2, 0) is 0 Å². The lowest BCUT2D eigenvalue weighted by Crippen LogP contribution is -2.52. The van der Waals surface area contributed by atoms with E-state index in [-0.39, 0.29) is 5.54 Å². The molecule has 0 radical (unpaired) electrons. The summed E-state index contributed by atoms with van der Waals surface area (Å²) in [6.07, 6.45) is 1.18. The van der Waals surface area contributed by atoms with Crippen molar-refractivity contribution in [3.63, 3.8) is 0 Å². The minimum atomic E-state index is 0.170. The Kier molecular flexibility index (Phi) is 3.83. The molecule has 0 aromatic rings. The molecule has 0 aromatic heterocycles. The average Bonchev–Trinajstić information content (AvgIpc) is 2.45. The molecule has 0 aliphatic carbocycles. The molecule has 0 amide bonds. The smallest absolute Gasteiger partial charge is 0.0408 e. The van der Waals surface area contributed by atoms with Crippen LogP contribution in [0.15, 0.2) is 12.2 Å². The van der Waals surface area contributed by atoms with Crippen molar-refractivity contribution in [1.82, 2.24) is 5.32 Å². The van der Waals surface area contributed by atoms with E-state index in [4.69, 9.17) is 5.73 Å². The highest BCUT2D eigenvalue weighted by Crippen LogP contribution is 2.33. The number of nitrogens with two attached hydrogens (primary N) is 1. The van der Waals surface area contributed by atoms with Crippen LogP contribution < -0.4 is 11.1 Å². The van der Waals surface area contributed by atoms with Crippen LogP contribution in [0.3, 0.4) is 0 Å². The fourth-order valence-corrected chi connectivity index (χ4v) is 3.02. The van der Waals surface area contributed by atoms with Crippen LogP contribution in [0.4, 0.5) is 0 Å². The van der Waals surface area contributed by atoms with Crippen molar-refractivity contribution in [3.05, 3.63) is 12.2 Å². The first-order valence-corrected chi connectivity index (χ1v) is 5.84. The van der Waals surface area contributed by atoms with E-state index < -0.39 is 0 Å². The minimum Gasteiger partial charge on any atom is -0.329 e. The van der Waals surface area contributed by atoms with Gasteiger partial charge in [-0.2, -0.15) is 11.8 Å². The first kappa shape index (κ1) is 11.1. The van der Waals surface area contributed by atoms with Crippen LogP contribution in [0.5, 0.6) is 0 Å². The van der Waals surface area contributed by atoms with E-state index in [1.54, 1.807) is 0 Å². The van der Waals surface area contributed by atoms with Gasteiger partial charge >= 0.3 is 0 Å². The maximum atomic E-state index is 5.81. The molecule has 1 rings (SSSR count). The maximum absolute atomic E-state index is 5.81. The number of rotatable bonds is 4. The summed E-state index contributed by atoms with van der Waals surface area (Å²) >= 11 is 2.01. The Morgan fingerprint density at radius 1 is 1.77 bits per heavy atom. The van der Waals surface area contributed by atoms with Crippen LogP contribution in [0, 0.1) is 0 Å². The lowest BCUT2D eigenvalue weighted by Gasteiger charge is -2.28. The van der Waals surface area contributed by atoms with Gasteiger partial charge in [0.05, 0.1) is 0 Å². The summed E-state index contributed by atoms with van der Waals surface area (Å²) in [7, 11) is 0. The SMILES string of the molecule is C=C(C)CNC1(CN)CSC(C)C1. The number of nitrogens with one attached hydrogen (secondary N) is 1. The second-order valence-electron chi connectivity index (χ2n) is 4.12. The van der Waals surface area contributed by atoms with Crippen molar-refractivity contribution in [2.45, 2.75) is 31.1 Å². The summed E-state index contributed by atoms with van der Waals surface area (Å²) in [6.45, 7) is 9.83. The van der Waals surface area contributed by atoms with Crippen LogP contribution in [0.2, 0.25) is 0 Å². The van der Waals surface area contributed by atoms with Crippen LogP contribution in [-0.4, -0.2) is 29.6 Å². The topological polar surface area (TPSA) is 38.0 Å². The fourth-order valence-electron chi connectivity index (χ4n) is 1.65. The summed E-state index contributed by atoms with van der Waals surface area (Å²) in [5.74, 6) is 1.14. The van der Waals surface area contributed by atoms with Gasteiger partial charge < -0.3 is 11.1 Å². The summed E-state index contributed by atoms with van der Waals surface area (Å²) in [5.41, 5.74) is 7.16. The monoisotopic (exact) mass is 200 g/mol. The van der Waals surface area contributed by atoms with E-state index in [9.17, 15) is 0 Å². The van der Waals surface area contributed by atoms with E-state index in [0.29, 0.717) is 0 Å². The molecule has 0 saturated carbocycles. The number of thioether (sulfide) groups is 1. The van der Waals surface area contributed by atoms with Gasteiger partial charge in [-0.25, -0.2) is 0 Å². The van der Waals surface area contributed by atoms with Crippen LogP contribution in [0.25, 0.3) is 0 Å². The lowest BCUT2D eigenvalue weighted by atomic mass is 9.96. The molecule has 1 heterocycles. The van der Waals surface area contributed by atoms with Gasteiger partial charge in [-0.1, -0.05) is 19.1 Å². The molecule has 1 fully saturated rings. The zero-order valence-corrected chi connectivity index (χ0v) is 9.41. The first-order valence-electron chi connectivity index (χ1n) is 4.79. The highest BCUT2D eigenvalue weighted by Gasteiger charge is 2.36. The minimum absolute atomic E-state index is 0.170.